The van der Waals surface area contributed by atoms with Crippen LogP contribution in [0.5, 0.6) is 5.75 Å². The first-order valence-corrected chi connectivity index (χ1v) is 8.95. The second-order valence-electron chi connectivity index (χ2n) is 6.70. The fraction of sp³-hybridized carbons (Fsp3) is 0.474. The second-order valence-corrected chi connectivity index (χ2v) is 6.70. The van der Waals surface area contributed by atoms with Gasteiger partial charge in [-0.3, -0.25) is 4.79 Å². The minimum absolute atomic E-state index is 0.0267. The maximum Gasteiger partial charge on any atom is 0.227 e. The van der Waals surface area contributed by atoms with E-state index in [9.17, 15) is 4.79 Å². The molecule has 1 amide bonds. The van der Waals surface area contributed by atoms with Gasteiger partial charge in [0.25, 0.3) is 0 Å². The molecule has 0 radical (unpaired) electrons. The van der Waals surface area contributed by atoms with Gasteiger partial charge in [0.2, 0.25) is 5.91 Å². The number of furan rings is 1. The SMILES string of the molecule is O=C(Cc1ccoc1)N1CC[C@H](Oc2cccnc2N2CCCC2)C1. The lowest BCUT2D eigenvalue weighted by Gasteiger charge is -2.22. The molecule has 0 N–H and O–H groups in total. The number of ether oxygens (including phenoxy) is 1. The Hall–Kier alpha value is -2.50. The summed E-state index contributed by atoms with van der Waals surface area (Å²) in [6.45, 7) is 3.44. The second kappa shape index (κ2) is 7.17. The number of rotatable bonds is 5. The largest absolute Gasteiger partial charge is 0.485 e. The highest BCUT2D eigenvalue weighted by molar-refractivity contribution is 5.79. The van der Waals surface area contributed by atoms with Crippen LogP contribution < -0.4 is 9.64 Å². The Balaban J connectivity index is 1.37. The number of hydrogen-bond donors (Lipinski definition) is 0. The highest BCUT2D eigenvalue weighted by Gasteiger charge is 2.29. The Bertz CT molecular complexity index is 710. The van der Waals surface area contributed by atoms with Crippen LogP contribution in [-0.2, 0) is 11.2 Å². The van der Waals surface area contributed by atoms with Crippen LogP contribution in [0.1, 0.15) is 24.8 Å². The molecule has 4 heterocycles. The molecule has 0 bridgehead atoms. The van der Waals surface area contributed by atoms with Crippen molar-refractivity contribution in [2.24, 2.45) is 0 Å². The summed E-state index contributed by atoms with van der Waals surface area (Å²) in [4.78, 5) is 21.1. The summed E-state index contributed by atoms with van der Waals surface area (Å²) in [5.74, 6) is 1.89. The van der Waals surface area contributed by atoms with Crippen LogP contribution in [0.25, 0.3) is 0 Å². The molecule has 2 aromatic rings. The van der Waals surface area contributed by atoms with E-state index in [-0.39, 0.29) is 12.0 Å². The zero-order valence-corrected chi connectivity index (χ0v) is 14.3. The van der Waals surface area contributed by atoms with Crippen molar-refractivity contribution in [1.82, 2.24) is 9.88 Å². The lowest BCUT2D eigenvalue weighted by molar-refractivity contribution is -0.129. The van der Waals surface area contributed by atoms with Crippen molar-refractivity contribution in [2.75, 3.05) is 31.1 Å². The Morgan fingerprint density at radius 2 is 2.16 bits per heavy atom. The van der Waals surface area contributed by atoms with Crippen molar-refractivity contribution < 1.29 is 13.9 Å². The topological polar surface area (TPSA) is 58.8 Å². The van der Waals surface area contributed by atoms with Crippen molar-refractivity contribution in [1.29, 1.82) is 0 Å². The van der Waals surface area contributed by atoms with E-state index in [1.165, 1.54) is 12.8 Å². The van der Waals surface area contributed by atoms with E-state index in [0.717, 1.165) is 43.2 Å². The molecule has 25 heavy (non-hydrogen) atoms. The average molecular weight is 341 g/mol. The first-order chi connectivity index (χ1) is 12.3. The van der Waals surface area contributed by atoms with Gasteiger partial charge in [0.1, 0.15) is 6.10 Å². The van der Waals surface area contributed by atoms with E-state index >= 15 is 0 Å². The first-order valence-electron chi connectivity index (χ1n) is 8.95. The van der Waals surface area contributed by atoms with Crippen molar-refractivity contribution >= 4 is 11.7 Å². The predicted molar refractivity (Wildman–Crippen MR) is 93.7 cm³/mol. The van der Waals surface area contributed by atoms with E-state index in [0.29, 0.717) is 13.0 Å². The van der Waals surface area contributed by atoms with Gasteiger partial charge in [-0.1, -0.05) is 0 Å². The lowest BCUT2D eigenvalue weighted by Crippen LogP contribution is -2.32. The molecule has 2 saturated heterocycles. The number of anilines is 1. The van der Waals surface area contributed by atoms with Crippen molar-refractivity contribution in [3.63, 3.8) is 0 Å². The average Bonchev–Trinajstić information content (AvgIpc) is 3.38. The summed E-state index contributed by atoms with van der Waals surface area (Å²) < 4.78 is 11.3. The number of aromatic nitrogens is 1. The number of amides is 1. The fourth-order valence-electron chi connectivity index (χ4n) is 3.55. The van der Waals surface area contributed by atoms with Crippen LogP contribution in [0.4, 0.5) is 5.82 Å². The van der Waals surface area contributed by atoms with E-state index in [1.54, 1.807) is 12.5 Å². The third kappa shape index (κ3) is 3.62. The standard InChI is InChI=1S/C19H23N3O3/c23-18(12-15-6-11-24-14-15)22-10-5-16(13-22)25-17-4-3-7-20-19(17)21-8-1-2-9-21/h3-4,6-7,11,14,16H,1-2,5,8-10,12-13H2/t16-/m0/s1. The smallest absolute Gasteiger partial charge is 0.227 e. The maximum atomic E-state index is 12.4. The van der Waals surface area contributed by atoms with Crippen LogP contribution in [0.2, 0.25) is 0 Å². The van der Waals surface area contributed by atoms with Crippen molar-refractivity contribution in [2.45, 2.75) is 31.8 Å². The highest BCUT2D eigenvalue weighted by atomic mass is 16.5. The first kappa shape index (κ1) is 16.0. The van der Waals surface area contributed by atoms with Gasteiger partial charge in [0, 0.05) is 32.3 Å². The Kier molecular flexibility index (Phi) is 4.59. The number of carbonyl (C=O) groups is 1. The molecule has 6 nitrogen and oxygen atoms in total. The zero-order chi connectivity index (χ0) is 17.1. The molecule has 2 aliphatic rings. The molecular weight excluding hydrogens is 318 g/mol. The summed E-state index contributed by atoms with van der Waals surface area (Å²) in [5.41, 5.74) is 0.915. The molecule has 0 aromatic carbocycles. The maximum absolute atomic E-state index is 12.4. The van der Waals surface area contributed by atoms with Crippen LogP contribution in [0, 0.1) is 0 Å². The molecule has 0 aliphatic carbocycles. The summed E-state index contributed by atoms with van der Waals surface area (Å²) in [6, 6.07) is 5.72. The molecule has 0 saturated carbocycles. The zero-order valence-electron chi connectivity index (χ0n) is 14.3. The molecule has 4 rings (SSSR count). The van der Waals surface area contributed by atoms with Crippen LogP contribution in [-0.4, -0.2) is 48.1 Å². The van der Waals surface area contributed by atoms with Crippen molar-refractivity contribution in [3.8, 4) is 5.75 Å². The van der Waals surface area contributed by atoms with E-state index in [4.69, 9.17) is 9.15 Å². The summed E-state index contributed by atoms with van der Waals surface area (Å²) in [6.07, 6.45) is 8.71. The third-order valence-corrected chi connectivity index (χ3v) is 4.88. The van der Waals surface area contributed by atoms with Gasteiger partial charge in [0.05, 0.1) is 25.5 Å². The number of likely N-dealkylation sites (tertiary alicyclic amines) is 1. The number of carbonyl (C=O) groups excluding carboxylic acids is 1. The molecule has 1 atom stereocenters. The molecule has 0 unspecified atom stereocenters. The van der Waals surface area contributed by atoms with Gasteiger partial charge in [0.15, 0.2) is 11.6 Å². The lowest BCUT2D eigenvalue weighted by atomic mass is 10.2. The highest BCUT2D eigenvalue weighted by Crippen LogP contribution is 2.30. The normalized spacial score (nSPS) is 20.2. The van der Waals surface area contributed by atoms with Crippen molar-refractivity contribution in [3.05, 3.63) is 42.5 Å². The Morgan fingerprint density at radius 1 is 1.28 bits per heavy atom. The van der Waals surface area contributed by atoms with Gasteiger partial charge >= 0.3 is 0 Å². The Morgan fingerprint density at radius 3 is 2.96 bits per heavy atom. The Labute approximate surface area is 147 Å². The number of pyridine rings is 1. The quantitative estimate of drug-likeness (QED) is 0.836. The number of nitrogens with zero attached hydrogens (tertiary/aromatic N) is 3. The summed E-state index contributed by atoms with van der Waals surface area (Å²) in [7, 11) is 0. The number of hydrogen-bond acceptors (Lipinski definition) is 5. The van der Waals surface area contributed by atoms with Gasteiger partial charge in [-0.25, -0.2) is 4.98 Å². The molecule has 6 heteroatoms. The minimum Gasteiger partial charge on any atom is -0.485 e. The van der Waals surface area contributed by atoms with E-state index < -0.39 is 0 Å². The van der Waals surface area contributed by atoms with E-state index in [1.807, 2.05) is 29.3 Å². The minimum atomic E-state index is 0.0267. The molecule has 2 aromatic heterocycles. The molecule has 2 fully saturated rings. The fourth-order valence-corrected chi connectivity index (χ4v) is 3.55. The van der Waals surface area contributed by atoms with E-state index in [2.05, 4.69) is 9.88 Å². The molecular formula is C19H23N3O3. The van der Waals surface area contributed by atoms with Crippen LogP contribution in [0.15, 0.2) is 41.3 Å². The van der Waals surface area contributed by atoms with Crippen LogP contribution >= 0.6 is 0 Å². The van der Waals surface area contributed by atoms with Gasteiger partial charge in [-0.2, -0.15) is 0 Å². The van der Waals surface area contributed by atoms with Crippen LogP contribution in [0.3, 0.4) is 0 Å². The monoisotopic (exact) mass is 341 g/mol. The third-order valence-electron chi connectivity index (χ3n) is 4.88. The van der Waals surface area contributed by atoms with Gasteiger partial charge in [-0.15, -0.1) is 0 Å². The molecule has 2 aliphatic heterocycles. The summed E-state index contributed by atoms with van der Waals surface area (Å²) >= 11 is 0. The van der Waals surface area contributed by atoms with Gasteiger partial charge < -0.3 is 19.0 Å². The molecule has 132 valence electrons. The van der Waals surface area contributed by atoms with Gasteiger partial charge in [-0.05, 0) is 36.6 Å². The predicted octanol–water partition coefficient (Wildman–Crippen LogP) is 2.50. The summed E-state index contributed by atoms with van der Waals surface area (Å²) in [5, 5.41) is 0. The molecule has 0 spiro atoms.